The maximum Gasteiger partial charge on any atom is 0.0294 e. The van der Waals surface area contributed by atoms with Crippen LogP contribution in [0.15, 0.2) is 24.3 Å². The van der Waals surface area contributed by atoms with E-state index in [1.807, 2.05) is 0 Å². The molecule has 1 nitrogen and oxygen atoms in total. The van der Waals surface area contributed by atoms with Gasteiger partial charge in [0, 0.05) is 6.04 Å². The number of unbranched alkanes of at least 4 members (excludes halogenated alkanes) is 7. The van der Waals surface area contributed by atoms with E-state index in [2.05, 4.69) is 50.4 Å². The van der Waals surface area contributed by atoms with E-state index in [0.29, 0.717) is 6.04 Å². The molecule has 0 spiro atoms. The molecule has 114 valence electrons. The van der Waals surface area contributed by atoms with Gasteiger partial charge in [0.1, 0.15) is 0 Å². The molecule has 0 saturated carbocycles. The van der Waals surface area contributed by atoms with E-state index in [-0.39, 0.29) is 0 Å². The minimum atomic E-state index is 0.473. The average molecular weight is 275 g/mol. The number of nitrogens with one attached hydrogen (secondary N) is 1. The molecule has 1 rings (SSSR count). The maximum absolute atomic E-state index is 3.65. The molecule has 0 aliphatic rings. The fraction of sp³-hybridized carbons (Fsp3) is 0.684. The van der Waals surface area contributed by atoms with Crippen molar-refractivity contribution >= 4 is 0 Å². The van der Waals surface area contributed by atoms with Gasteiger partial charge in [-0.3, -0.25) is 0 Å². The lowest BCUT2D eigenvalue weighted by Crippen LogP contribution is -2.20. The minimum Gasteiger partial charge on any atom is -0.310 e. The zero-order valence-electron chi connectivity index (χ0n) is 13.8. The van der Waals surface area contributed by atoms with Crippen LogP contribution >= 0.6 is 0 Å². The number of hydrogen-bond acceptors (Lipinski definition) is 1. The van der Waals surface area contributed by atoms with Gasteiger partial charge in [-0.15, -0.1) is 0 Å². The molecular weight excluding hydrogens is 242 g/mol. The van der Waals surface area contributed by atoms with Gasteiger partial charge in [-0.25, -0.2) is 0 Å². The van der Waals surface area contributed by atoms with E-state index in [4.69, 9.17) is 0 Å². The highest BCUT2D eigenvalue weighted by molar-refractivity contribution is 5.28. The minimum absolute atomic E-state index is 0.473. The molecule has 0 fully saturated rings. The highest BCUT2D eigenvalue weighted by Gasteiger charge is 2.06. The Labute approximate surface area is 126 Å². The monoisotopic (exact) mass is 275 g/mol. The molecule has 1 aromatic rings. The van der Waals surface area contributed by atoms with Crippen LogP contribution in [-0.4, -0.2) is 6.54 Å². The van der Waals surface area contributed by atoms with Gasteiger partial charge in [0.2, 0.25) is 0 Å². The van der Waals surface area contributed by atoms with Gasteiger partial charge in [-0.05, 0) is 37.9 Å². The molecule has 1 atom stereocenters. The molecule has 0 saturated heterocycles. The maximum atomic E-state index is 3.65. The van der Waals surface area contributed by atoms with E-state index >= 15 is 0 Å². The molecule has 1 aromatic carbocycles. The van der Waals surface area contributed by atoms with Crippen molar-refractivity contribution in [1.29, 1.82) is 0 Å². The van der Waals surface area contributed by atoms with Crippen LogP contribution in [0.5, 0.6) is 0 Å². The Balaban J connectivity index is 2.03. The van der Waals surface area contributed by atoms with Crippen molar-refractivity contribution in [1.82, 2.24) is 5.32 Å². The lowest BCUT2D eigenvalue weighted by molar-refractivity contribution is 0.520. The summed E-state index contributed by atoms with van der Waals surface area (Å²) in [6.45, 7) is 7.89. The molecule has 0 bridgehead atoms. The Morgan fingerprint density at radius 3 is 2.15 bits per heavy atom. The lowest BCUT2D eigenvalue weighted by atomic mass is 10.0. The van der Waals surface area contributed by atoms with Crippen LogP contribution in [-0.2, 0) is 0 Å². The summed E-state index contributed by atoms with van der Waals surface area (Å²) in [6, 6.07) is 9.16. The summed E-state index contributed by atoms with van der Waals surface area (Å²) in [5, 5.41) is 3.65. The van der Waals surface area contributed by atoms with Gasteiger partial charge in [-0.2, -0.15) is 0 Å². The molecule has 1 N–H and O–H groups in total. The van der Waals surface area contributed by atoms with E-state index in [9.17, 15) is 0 Å². The molecule has 20 heavy (non-hydrogen) atoms. The van der Waals surface area contributed by atoms with E-state index in [1.54, 1.807) is 0 Å². The summed E-state index contributed by atoms with van der Waals surface area (Å²) in [4.78, 5) is 0. The largest absolute Gasteiger partial charge is 0.310 e. The zero-order chi connectivity index (χ0) is 14.6. The summed E-state index contributed by atoms with van der Waals surface area (Å²) < 4.78 is 0. The van der Waals surface area contributed by atoms with E-state index < -0.39 is 0 Å². The number of benzene rings is 1. The second-order valence-electron chi connectivity index (χ2n) is 6.01. The quantitative estimate of drug-likeness (QED) is 0.504. The topological polar surface area (TPSA) is 12.0 Å². The number of rotatable bonds is 11. The van der Waals surface area contributed by atoms with Gasteiger partial charge >= 0.3 is 0 Å². The molecule has 1 heteroatoms. The molecule has 0 radical (unpaired) electrons. The van der Waals surface area contributed by atoms with Gasteiger partial charge in [0.25, 0.3) is 0 Å². The smallest absolute Gasteiger partial charge is 0.0294 e. The summed E-state index contributed by atoms with van der Waals surface area (Å²) >= 11 is 0. The standard InChI is InChI=1S/C19H33N/c1-4-5-6-7-8-9-10-13-16-20-18(3)19-15-12-11-14-17(19)2/h11-12,14-15,18,20H,4-10,13,16H2,1-3H3/t18-/m1/s1. The average Bonchev–Trinajstić information content (AvgIpc) is 2.46. The third kappa shape index (κ3) is 7.09. The molecule has 0 aliphatic heterocycles. The first-order valence-electron chi connectivity index (χ1n) is 8.54. The summed E-state index contributed by atoms with van der Waals surface area (Å²) in [5.41, 5.74) is 2.83. The van der Waals surface area contributed by atoms with Crippen molar-refractivity contribution in [2.24, 2.45) is 0 Å². The molecule has 0 aliphatic carbocycles. The summed E-state index contributed by atoms with van der Waals surface area (Å²) in [6.07, 6.45) is 11.1. The molecule has 0 amide bonds. The molecular formula is C19H33N. The number of hydrogen-bond donors (Lipinski definition) is 1. The first-order chi connectivity index (χ1) is 9.75. The van der Waals surface area contributed by atoms with Crippen LogP contribution in [0.1, 0.15) is 82.4 Å². The van der Waals surface area contributed by atoms with Crippen molar-refractivity contribution in [3.8, 4) is 0 Å². The Kier molecular flexibility index (Phi) is 9.40. The van der Waals surface area contributed by atoms with Crippen LogP contribution in [0.3, 0.4) is 0 Å². The van der Waals surface area contributed by atoms with E-state index in [0.717, 1.165) is 6.54 Å². The van der Waals surface area contributed by atoms with Crippen molar-refractivity contribution in [2.45, 2.75) is 78.2 Å². The molecule has 0 heterocycles. The first-order valence-corrected chi connectivity index (χ1v) is 8.54. The van der Waals surface area contributed by atoms with E-state index in [1.165, 1.54) is 62.5 Å². The summed E-state index contributed by atoms with van der Waals surface area (Å²) in [5.74, 6) is 0. The van der Waals surface area contributed by atoms with Gasteiger partial charge in [-0.1, -0.05) is 76.1 Å². The third-order valence-corrected chi connectivity index (χ3v) is 4.14. The van der Waals surface area contributed by atoms with Crippen molar-refractivity contribution in [2.75, 3.05) is 6.54 Å². The van der Waals surface area contributed by atoms with Crippen molar-refractivity contribution in [3.05, 3.63) is 35.4 Å². The van der Waals surface area contributed by atoms with Gasteiger partial charge in [0.15, 0.2) is 0 Å². The zero-order valence-corrected chi connectivity index (χ0v) is 13.8. The second kappa shape index (κ2) is 10.9. The Bertz CT molecular complexity index is 345. The molecule has 0 unspecified atom stereocenters. The highest BCUT2D eigenvalue weighted by atomic mass is 14.9. The fourth-order valence-electron chi connectivity index (χ4n) is 2.76. The lowest BCUT2D eigenvalue weighted by Gasteiger charge is -2.16. The fourth-order valence-corrected chi connectivity index (χ4v) is 2.76. The predicted molar refractivity (Wildman–Crippen MR) is 90.2 cm³/mol. The Hall–Kier alpha value is -0.820. The van der Waals surface area contributed by atoms with Crippen molar-refractivity contribution in [3.63, 3.8) is 0 Å². The Morgan fingerprint density at radius 1 is 0.900 bits per heavy atom. The molecule has 0 aromatic heterocycles. The van der Waals surface area contributed by atoms with Crippen LogP contribution in [0, 0.1) is 6.92 Å². The summed E-state index contributed by atoms with van der Waals surface area (Å²) in [7, 11) is 0. The van der Waals surface area contributed by atoms with Crippen LogP contribution in [0.25, 0.3) is 0 Å². The van der Waals surface area contributed by atoms with Crippen LogP contribution in [0.4, 0.5) is 0 Å². The van der Waals surface area contributed by atoms with Gasteiger partial charge < -0.3 is 5.32 Å². The van der Waals surface area contributed by atoms with Crippen LogP contribution < -0.4 is 5.32 Å². The second-order valence-corrected chi connectivity index (χ2v) is 6.01. The first kappa shape index (κ1) is 17.2. The highest BCUT2D eigenvalue weighted by Crippen LogP contribution is 2.16. The predicted octanol–water partition coefficient (Wildman–Crippen LogP) is 5.79. The SMILES string of the molecule is CCCCCCCCCCN[C@H](C)c1ccccc1C. The number of aryl methyl sites for hydroxylation is 1. The van der Waals surface area contributed by atoms with Gasteiger partial charge in [0.05, 0.1) is 0 Å². The third-order valence-electron chi connectivity index (χ3n) is 4.14. The normalized spacial score (nSPS) is 12.6. The van der Waals surface area contributed by atoms with Crippen LogP contribution in [0.2, 0.25) is 0 Å². The Morgan fingerprint density at radius 2 is 1.50 bits per heavy atom. The van der Waals surface area contributed by atoms with Crippen molar-refractivity contribution < 1.29 is 0 Å².